The third-order valence-electron chi connectivity index (χ3n) is 5.98. The van der Waals surface area contributed by atoms with Gasteiger partial charge in [-0.2, -0.15) is 5.26 Å². The molecule has 0 amide bonds. The van der Waals surface area contributed by atoms with E-state index >= 15 is 0 Å². The molecule has 2 aromatic rings. The number of methoxy groups -OCH3 is 2. The largest absolute Gasteiger partial charge is 0.493 e. The first-order chi connectivity index (χ1) is 15.9. The topological polar surface area (TPSA) is 138 Å². The van der Waals surface area contributed by atoms with Crippen molar-refractivity contribution in [3.63, 3.8) is 0 Å². The SMILES string of the molecule is COc1ccc([C@@H]2CC(=O)C3=C(C2)OC(N)=C(C#N)[C@@H]3c2ccc([N+](=O)[O-])cc2)cc1OC. The fourth-order valence-electron chi connectivity index (χ4n) is 4.37. The van der Waals surface area contributed by atoms with Crippen LogP contribution in [0.5, 0.6) is 11.5 Å². The number of allylic oxidation sites excluding steroid dienone is 3. The number of nitrogens with zero attached hydrogens (tertiary/aromatic N) is 2. The maximum Gasteiger partial charge on any atom is 0.269 e. The highest BCUT2D eigenvalue weighted by Gasteiger charge is 2.41. The molecule has 0 saturated carbocycles. The van der Waals surface area contributed by atoms with E-state index in [1.165, 1.54) is 24.3 Å². The Bertz CT molecular complexity index is 1240. The Labute approximate surface area is 189 Å². The van der Waals surface area contributed by atoms with Crippen LogP contribution in [0.15, 0.2) is 65.3 Å². The number of rotatable bonds is 5. The van der Waals surface area contributed by atoms with Gasteiger partial charge >= 0.3 is 0 Å². The van der Waals surface area contributed by atoms with Gasteiger partial charge in [0, 0.05) is 30.5 Å². The second kappa shape index (κ2) is 8.67. The predicted octanol–water partition coefficient (Wildman–Crippen LogP) is 3.82. The zero-order valence-corrected chi connectivity index (χ0v) is 18.0. The average Bonchev–Trinajstić information content (AvgIpc) is 2.82. The molecule has 168 valence electrons. The molecule has 2 N–H and O–H groups in total. The van der Waals surface area contributed by atoms with Gasteiger partial charge in [-0.15, -0.1) is 0 Å². The Hall–Kier alpha value is -4.32. The zero-order valence-electron chi connectivity index (χ0n) is 18.0. The molecule has 0 aromatic heterocycles. The summed E-state index contributed by atoms with van der Waals surface area (Å²) >= 11 is 0. The number of benzene rings is 2. The van der Waals surface area contributed by atoms with Gasteiger partial charge in [0.15, 0.2) is 17.3 Å². The molecule has 1 aliphatic heterocycles. The molecular weight excluding hydrogens is 426 g/mol. The van der Waals surface area contributed by atoms with E-state index in [9.17, 15) is 20.2 Å². The number of hydrogen-bond donors (Lipinski definition) is 1. The van der Waals surface area contributed by atoms with E-state index < -0.39 is 10.8 Å². The van der Waals surface area contributed by atoms with Crippen molar-refractivity contribution in [3.8, 4) is 17.6 Å². The number of carbonyl (C=O) groups excluding carboxylic acids is 1. The molecule has 33 heavy (non-hydrogen) atoms. The molecule has 2 aromatic carbocycles. The summed E-state index contributed by atoms with van der Waals surface area (Å²) in [5.74, 6) is 0.400. The normalized spacial score (nSPS) is 20.0. The standard InChI is InChI=1S/C24H21N3O6/c1-31-19-8-5-14(10-20(19)32-2)15-9-18(28)23-21(11-15)33-24(26)17(12-25)22(23)13-3-6-16(7-4-13)27(29)30/h3-8,10,15,22H,9,11,26H2,1-2H3/t15-,22+/m1/s1. The molecule has 2 atom stereocenters. The van der Waals surface area contributed by atoms with Gasteiger partial charge in [-0.1, -0.05) is 18.2 Å². The molecule has 0 saturated heterocycles. The van der Waals surface area contributed by atoms with Crippen molar-refractivity contribution in [2.24, 2.45) is 5.73 Å². The van der Waals surface area contributed by atoms with E-state index in [0.717, 1.165) is 5.56 Å². The number of Topliss-reactive ketones (excluding diaryl/α,β-unsaturated/α-hetero) is 1. The number of nitriles is 1. The van der Waals surface area contributed by atoms with E-state index in [2.05, 4.69) is 0 Å². The molecule has 0 radical (unpaired) electrons. The number of nitro benzene ring substituents is 1. The van der Waals surface area contributed by atoms with Gasteiger partial charge < -0.3 is 19.9 Å². The van der Waals surface area contributed by atoms with E-state index in [0.29, 0.717) is 34.8 Å². The Morgan fingerprint density at radius 2 is 1.76 bits per heavy atom. The van der Waals surface area contributed by atoms with Crippen LogP contribution in [0, 0.1) is 21.4 Å². The number of ketones is 1. The summed E-state index contributed by atoms with van der Waals surface area (Å²) in [4.78, 5) is 23.9. The minimum Gasteiger partial charge on any atom is -0.493 e. The molecule has 9 nitrogen and oxygen atoms in total. The highest BCUT2D eigenvalue weighted by Crippen LogP contribution is 2.47. The van der Waals surface area contributed by atoms with E-state index in [4.69, 9.17) is 19.9 Å². The van der Waals surface area contributed by atoms with Crippen LogP contribution in [-0.2, 0) is 9.53 Å². The van der Waals surface area contributed by atoms with E-state index in [-0.39, 0.29) is 35.3 Å². The van der Waals surface area contributed by atoms with Crippen LogP contribution in [0.3, 0.4) is 0 Å². The highest BCUT2D eigenvalue weighted by molar-refractivity contribution is 6.00. The molecule has 9 heteroatoms. The number of hydrogen-bond acceptors (Lipinski definition) is 8. The van der Waals surface area contributed by atoms with Gasteiger partial charge in [-0.25, -0.2) is 0 Å². The number of nitro groups is 1. The van der Waals surface area contributed by atoms with E-state index in [1.807, 2.05) is 18.2 Å². The van der Waals surface area contributed by atoms with Gasteiger partial charge in [0.05, 0.1) is 25.1 Å². The van der Waals surface area contributed by atoms with Crippen molar-refractivity contribution in [1.82, 2.24) is 0 Å². The number of carbonyl (C=O) groups is 1. The summed E-state index contributed by atoms with van der Waals surface area (Å²) in [7, 11) is 3.09. The molecule has 2 aliphatic rings. The maximum atomic E-state index is 13.3. The summed E-state index contributed by atoms with van der Waals surface area (Å²) < 4.78 is 16.4. The van der Waals surface area contributed by atoms with Gasteiger partial charge in [-0.05, 0) is 29.2 Å². The second-order valence-electron chi connectivity index (χ2n) is 7.75. The van der Waals surface area contributed by atoms with Crippen LogP contribution < -0.4 is 15.2 Å². The summed E-state index contributed by atoms with van der Waals surface area (Å²) in [5, 5.41) is 20.7. The quantitative estimate of drug-likeness (QED) is 0.539. The van der Waals surface area contributed by atoms with Gasteiger partial charge in [0.2, 0.25) is 5.88 Å². The fraction of sp³-hybridized carbons (Fsp3) is 0.250. The maximum absolute atomic E-state index is 13.3. The number of non-ortho nitro benzene ring substituents is 1. The van der Waals surface area contributed by atoms with Gasteiger partial charge in [0.25, 0.3) is 5.69 Å². The monoisotopic (exact) mass is 447 g/mol. The van der Waals surface area contributed by atoms with Crippen LogP contribution >= 0.6 is 0 Å². The Kier molecular flexibility index (Phi) is 5.75. The van der Waals surface area contributed by atoms with Crippen molar-refractivity contribution < 1.29 is 23.9 Å². The molecule has 0 unspecified atom stereocenters. The minimum atomic E-state index is -0.738. The molecule has 0 bridgehead atoms. The van der Waals surface area contributed by atoms with Crippen molar-refractivity contribution in [2.75, 3.05) is 14.2 Å². The third kappa shape index (κ3) is 3.87. The van der Waals surface area contributed by atoms with Crippen molar-refractivity contribution in [2.45, 2.75) is 24.7 Å². The lowest BCUT2D eigenvalue weighted by Crippen LogP contribution is -2.29. The second-order valence-corrected chi connectivity index (χ2v) is 7.75. The van der Waals surface area contributed by atoms with Crippen LogP contribution in [0.4, 0.5) is 5.69 Å². The van der Waals surface area contributed by atoms with Crippen molar-refractivity contribution >= 4 is 11.5 Å². The van der Waals surface area contributed by atoms with Crippen molar-refractivity contribution in [1.29, 1.82) is 5.26 Å². The average molecular weight is 447 g/mol. The summed E-state index contributed by atoms with van der Waals surface area (Å²) in [6.45, 7) is 0. The first-order valence-electron chi connectivity index (χ1n) is 10.2. The van der Waals surface area contributed by atoms with Crippen LogP contribution in [0.1, 0.15) is 35.8 Å². The molecule has 0 spiro atoms. The smallest absolute Gasteiger partial charge is 0.269 e. The summed E-state index contributed by atoms with van der Waals surface area (Å²) in [6.07, 6.45) is 0.610. The molecule has 1 heterocycles. The van der Waals surface area contributed by atoms with Crippen LogP contribution in [-0.4, -0.2) is 24.9 Å². The number of nitrogens with two attached hydrogens (primary N) is 1. The lowest BCUT2D eigenvalue weighted by atomic mass is 9.73. The third-order valence-corrected chi connectivity index (χ3v) is 5.98. The Morgan fingerprint density at radius 1 is 1.09 bits per heavy atom. The summed E-state index contributed by atoms with van der Waals surface area (Å²) in [5.41, 5.74) is 7.90. The fourth-order valence-corrected chi connectivity index (χ4v) is 4.37. The Morgan fingerprint density at radius 3 is 2.36 bits per heavy atom. The molecule has 0 fully saturated rings. The molecule has 1 aliphatic carbocycles. The van der Waals surface area contributed by atoms with Gasteiger partial charge in [0.1, 0.15) is 17.4 Å². The van der Waals surface area contributed by atoms with E-state index in [1.54, 1.807) is 20.3 Å². The Balaban J connectivity index is 1.74. The molecular formula is C24H21N3O6. The number of ether oxygens (including phenoxy) is 3. The lowest BCUT2D eigenvalue weighted by molar-refractivity contribution is -0.384. The van der Waals surface area contributed by atoms with Crippen LogP contribution in [0.2, 0.25) is 0 Å². The first-order valence-corrected chi connectivity index (χ1v) is 10.2. The summed E-state index contributed by atoms with van der Waals surface area (Å²) in [6, 6.07) is 13.3. The predicted molar refractivity (Wildman–Crippen MR) is 117 cm³/mol. The van der Waals surface area contributed by atoms with Crippen molar-refractivity contribution in [3.05, 3.63) is 86.5 Å². The molecule has 4 rings (SSSR count). The zero-order chi connectivity index (χ0) is 23.7. The lowest BCUT2D eigenvalue weighted by Gasteiger charge is -2.34. The first kappa shape index (κ1) is 21.9. The van der Waals surface area contributed by atoms with Crippen LogP contribution in [0.25, 0.3) is 0 Å². The minimum absolute atomic E-state index is 0.0691. The van der Waals surface area contributed by atoms with Gasteiger partial charge in [-0.3, -0.25) is 14.9 Å². The highest BCUT2D eigenvalue weighted by atomic mass is 16.6.